The fourth-order valence-electron chi connectivity index (χ4n) is 0.928. The van der Waals surface area contributed by atoms with Crippen LogP contribution in [0, 0.1) is 0 Å². The first-order valence-corrected chi connectivity index (χ1v) is 5.29. The maximum absolute atomic E-state index is 5.58. The van der Waals surface area contributed by atoms with Gasteiger partial charge in [-0.3, -0.25) is 0 Å². The third-order valence-corrected chi connectivity index (χ3v) is 1.83. The van der Waals surface area contributed by atoms with Crippen molar-refractivity contribution in [1.82, 2.24) is 0 Å². The van der Waals surface area contributed by atoms with Crippen molar-refractivity contribution in [1.29, 1.82) is 0 Å². The van der Waals surface area contributed by atoms with E-state index in [0.29, 0.717) is 0 Å². The fraction of sp³-hybridized carbons (Fsp3) is 1.00. The van der Waals surface area contributed by atoms with E-state index in [1.165, 1.54) is 12.8 Å². The molecule has 0 fully saturated rings. The van der Waals surface area contributed by atoms with Gasteiger partial charge in [-0.25, -0.2) is 0 Å². The van der Waals surface area contributed by atoms with Crippen molar-refractivity contribution in [3.8, 4) is 0 Å². The molecule has 0 saturated carbocycles. The number of halogens is 1. The number of hydrogen-bond donors (Lipinski definition) is 0. The quantitative estimate of drug-likeness (QED) is 0.377. The maximum atomic E-state index is 5.58. The third-order valence-electron chi connectivity index (χ3n) is 1.56. The van der Waals surface area contributed by atoms with Gasteiger partial charge in [-0.05, 0) is 33.6 Å². The van der Waals surface area contributed by atoms with Gasteiger partial charge in [0.2, 0.25) is 0 Å². The van der Waals surface area contributed by atoms with E-state index in [0.717, 1.165) is 25.3 Å². The van der Waals surface area contributed by atoms with E-state index in [-0.39, 0.29) is 31.5 Å². The Kier molecular flexibility index (Phi) is 12.1. The summed E-state index contributed by atoms with van der Waals surface area (Å²) in [5, 5.41) is 0. The van der Waals surface area contributed by atoms with Gasteiger partial charge in [0.25, 0.3) is 0 Å². The number of rotatable bonds is 6. The first-order chi connectivity index (χ1) is 5.56. The van der Waals surface area contributed by atoms with Crippen LogP contribution in [0.5, 0.6) is 0 Å². The summed E-state index contributed by atoms with van der Waals surface area (Å²) in [5.74, 6) is 0.792. The van der Waals surface area contributed by atoms with Crippen LogP contribution in [0.25, 0.3) is 0 Å². The second kappa shape index (κ2) is 9.57. The zero-order valence-corrected chi connectivity index (χ0v) is 11.4. The second-order valence-electron chi connectivity index (χ2n) is 4.06. The molecule has 0 aromatic carbocycles. The number of alkyl halides is 1. The van der Waals surface area contributed by atoms with Crippen LogP contribution in [-0.2, 0) is 4.74 Å². The molecule has 0 rings (SSSR count). The normalized spacial score (nSPS) is 11.1. The van der Waals surface area contributed by atoms with Crippen molar-refractivity contribution < 1.29 is 7.59 Å². The van der Waals surface area contributed by atoms with Crippen molar-refractivity contribution in [3.63, 3.8) is 0 Å². The summed E-state index contributed by atoms with van der Waals surface area (Å²) in [7, 11) is 0. The Balaban J connectivity index is -0.000000202. The molecule has 0 spiro atoms. The Morgan fingerprint density at radius 2 is 1.62 bits per heavy atom. The molecular weight excluding hydrogens is 196 g/mol. The summed E-state index contributed by atoms with van der Waals surface area (Å²) in [6.45, 7) is 7.15. The molecule has 0 saturated heterocycles. The summed E-state index contributed by atoms with van der Waals surface area (Å²) in [5.41, 5.74) is 0.0203. The average Bonchev–Trinajstić information content (AvgIpc) is 1.94. The van der Waals surface area contributed by atoms with Crippen molar-refractivity contribution >= 4 is 34.7 Å². The molecule has 0 aliphatic rings. The topological polar surface area (TPSA) is 9.23 Å². The molecule has 1 nitrogen and oxygen atoms in total. The second-order valence-corrected chi connectivity index (χ2v) is 4.44. The van der Waals surface area contributed by atoms with Crippen LogP contribution in [0.4, 0.5) is 0 Å². The minimum Gasteiger partial charge on any atom is -1.00 e. The molecule has 0 radical (unpaired) electrons. The van der Waals surface area contributed by atoms with Crippen molar-refractivity contribution in [2.45, 2.75) is 52.1 Å². The zero-order chi connectivity index (χ0) is 9.45. The van der Waals surface area contributed by atoms with E-state index < -0.39 is 0 Å². The Morgan fingerprint density at radius 1 is 1.08 bits per heavy atom. The van der Waals surface area contributed by atoms with Gasteiger partial charge in [-0.1, -0.05) is 12.8 Å². The predicted octanol–water partition coefficient (Wildman–Crippen LogP) is 3.44. The standard InChI is InChI=1S/C10H21ClO.Mg.2H/c1-10(2,3)12-9-7-5-4-6-8-11;;;/h4-9H2,1-3H3;;;/q;+2;2*-1. The number of hydrogen-bond acceptors (Lipinski definition) is 1. The molecule has 0 aliphatic carbocycles. The van der Waals surface area contributed by atoms with E-state index in [4.69, 9.17) is 16.3 Å². The first-order valence-electron chi connectivity index (χ1n) is 4.76. The van der Waals surface area contributed by atoms with E-state index in [9.17, 15) is 0 Å². The molecule has 0 bridgehead atoms. The maximum Gasteiger partial charge on any atom is 2.00 e. The third kappa shape index (κ3) is 15.7. The van der Waals surface area contributed by atoms with E-state index in [2.05, 4.69) is 20.8 Å². The summed E-state index contributed by atoms with van der Waals surface area (Å²) in [6.07, 6.45) is 4.77. The minimum atomic E-state index is 0. The fourth-order valence-corrected chi connectivity index (χ4v) is 1.12. The van der Waals surface area contributed by atoms with Crippen molar-refractivity contribution in [2.24, 2.45) is 0 Å². The zero-order valence-electron chi connectivity index (χ0n) is 11.2. The van der Waals surface area contributed by atoms with Crippen LogP contribution in [0.15, 0.2) is 0 Å². The Morgan fingerprint density at radius 3 is 2.08 bits per heavy atom. The summed E-state index contributed by atoms with van der Waals surface area (Å²) >= 11 is 5.56. The SMILES string of the molecule is CC(C)(C)OCCCCCCCl.[H-].[H-].[Mg+2]. The van der Waals surface area contributed by atoms with E-state index in [1.807, 2.05) is 0 Å². The Labute approximate surface area is 107 Å². The summed E-state index contributed by atoms with van der Waals surface area (Å²) < 4.78 is 5.58. The molecule has 0 atom stereocenters. The summed E-state index contributed by atoms with van der Waals surface area (Å²) in [4.78, 5) is 0. The molecule has 0 N–H and O–H groups in total. The molecule has 78 valence electrons. The van der Waals surface area contributed by atoms with Crippen LogP contribution in [0.2, 0.25) is 0 Å². The number of unbranched alkanes of at least 4 members (excludes halogenated alkanes) is 3. The predicted molar refractivity (Wildman–Crippen MR) is 62.9 cm³/mol. The molecule has 0 aliphatic heterocycles. The molecule has 0 amide bonds. The molecule has 13 heavy (non-hydrogen) atoms. The Hall–Kier alpha value is 1.02. The smallest absolute Gasteiger partial charge is 1.00 e. The monoisotopic (exact) mass is 218 g/mol. The van der Waals surface area contributed by atoms with Crippen LogP contribution in [-0.4, -0.2) is 41.1 Å². The van der Waals surface area contributed by atoms with Crippen LogP contribution in [0.3, 0.4) is 0 Å². The number of ether oxygens (including phenoxy) is 1. The van der Waals surface area contributed by atoms with E-state index >= 15 is 0 Å². The van der Waals surface area contributed by atoms with Crippen molar-refractivity contribution in [2.75, 3.05) is 12.5 Å². The molecule has 0 unspecified atom stereocenters. The average molecular weight is 219 g/mol. The minimum absolute atomic E-state index is 0. The van der Waals surface area contributed by atoms with Crippen LogP contribution >= 0.6 is 11.6 Å². The molecule has 0 heterocycles. The van der Waals surface area contributed by atoms with Crippen molar-refractivity contribution in [3.05, 3.63) is 0 Å². The van der Waals surface area contributed by atoms with Gasteiger partial charge in [0.15, 0.2) is 0 Å². The van der Waals surface area contributed by atoms with Gasteiger partial charge in [0.05, 0.1) is 5.60 Å². The van der Waals surface area contributed by atoms with Crippen LogP contribution < -0.4 is 0 Å². The van der Waals surface area contributed by atoms with Gasteiger partial charge in [0, 0.05) is 12.5 Å². The largest absolute Gasteiger partial charge is 2.00 e. The summed E-state index contributed by atoms with van der Waals surface area (Å²) in [6, 6.07) is 0. The first kappa shape index (κ1) is 16.4. The molecular formula is C10H23ClMgO. The van der Waals surface area contributed by atoms with Gasteiger partial charge in [0.1, 0.15) is 0 Å². The molecule has 0 aromatic heterocycles. The van der Waals surface area contributed by atoms with Gasteiger partial charge in [-0.15, -0.1) is 11.6 Å². The van der Waals surface area contributed by atoms with Gasteiger partial charge in [-0.2, -0.15) is 0 Å². The van der Waals surface area contributed by atoms with Gasteiger partial charge >= 0.3 is 23.1 Å². The van der Waals surface area contributed by atoms with E-state index in [1.54, 1.807) is 0 Å². The molecule has 0 aromatic rings. The molecule has 3 heteroatoms. The van der Waals surface area contributed by atoms with Crippen LogP contribution in [0.1, 0.15) is 49.3 Å². The van der Waals surface area contributed by atoms with Gasteiger partial charge < -0.3 is 7.59 Å². The Bertz CT molecular complexity index is 110.